The number of sulfonamides is 1. The van der Waals surface area contributed by atoms with Crippen molar-refractivity contribution < 1.29 is 17.9 Å². The van der Waals surface area contributed by atoms with Gasteiger partial charge in [0.1, 0.15) is 5.75 Å². The van der Waals surface area contributed by atoms with Gasteiger partial charge in [0, 0.05) is 19.1 Å². The third-order valence-electron chi connectivity index (χ3n) is 5.26. The van der Waals surface area contributed by atoms with Crippen molar-refractivity contribution in [1.82, 2.24) is 9.62 Å². The van der Waals surface area contributed by atoms with Crippen LogP contribution in [0.3, 0.4) is 0 Å². The minimum absolute atomic E-state index is 0.0402. The van der Waals surface area contributed by atoms with E-state index in [2.05, 4.69) is 17.4 Å². The first-order valence-electron chi connectivity index (χ1n) is 10.5. The molecule has 2 aromatic carbocycles. The lowest BCUT2D eigenvalue weighted by Crippen LogP contribution is -2.36. The Bertz CT molecular complexity index is 908. The molecule has 1 heterocycles. The smallest absolute Gasteiger partial charge is 0.258 e. The van der Waals surface area contributed by atoms with Crippen molar-refractivity contribution in [2.75, 3.05) is 19.7 Å². The minimum Gasteiger partial charge on any atom is -0.484 e. The van der Waals surface area contributed by atoms with E-state index in [1.54, 1.807) is 24.3 Å². The fraction of sp³-hybridized carbons (Fsp3) is 0.435. The highest BCUT2D eigenvalue weighted by Crippen LogP contribution is 2.22. The summed E-state index contributed by atoms with van der Waals surface area (Å²) in [6.45, 7) is 3.02. The molecule has 1 N–H and O–H groups in total. The second kappa shape index (κ2) is 10.6. The Morgan fingerprint density at radius 2 is 1.70 bits per heavy atom. The zero-order valence-electron chi connectivity index (χ0n) is 17.4. The van der Waals surface area contributed by atoms with Gasteiger partial charge in [0.15, 0.2) is 6.61 Å². The predicted octanol–water partition coefficient (Wildman–Crippen LogP) is 3.38. The van der Waals surface area contributed by atoms with Crippen LogP contribution in [0.1, 0.15) is 38.2 Å². The maximum absolute atomic E-state index is 12.7. The van der Waals surface area contributed by atoms with Gasteiger partial charge in [-0.25, -0.2) is 8.42 Å². The Hall–Kier alpha value is -2.38. The maximum atomic E-state index is 12.7. The number of ether oxygens (including phenoxy) is 1. The minimum atomic E-state index is -3.46. The van der Waals surface area contributed by atoms with Crippen LogP contribution in [0.15, 0.2) is 59.5 Å². The number of rotatable bonds is 9. The van der Waals surface area contributed by atoms with E-state index in [4.69, 9.17) is 4.74 Å². The lowest BCUT2D eigenvalue weighted by molar-refractivity contribution is -0.123. The summed E-state index contributed by atoms with van der Waals surface area (Å²) < 4.78 is 32.4. The Morgan fingerprint density at radius 3 is 2.37 bits per heavy atom. The number of nitrogens with one attached hydrogen (secondary N) is 1. The van der Waals surface area contributed by atoms with Crippen molar-refractivity contribution >= 4 is 15.9 Å². The molecule has 1 aliphatic heterocycles. The number of nitrogens with zero attached hydrogens (tertiary/aromatic N) is 1. The van der Waals surface area contributed by atoms with Crippen molar-refractivity contribution in [2.45, 2.75) is 50.0 Å². The summed E-state index contributed by atoms with van der Waals surface area (Å²) in [4.78, 5) is 12.4. The molecule has 0 aromatic heterocycles. The van der Waals surface area contributed by atoms with Gasteiger partial charge >= 0.3 is 0 Å². The van der Waals surface area contributed by atoms with Gasteiger partial charge < -0.3 is 10.1 Å². The third kappa shape index (κ3) is 6.31. The molecular weight excluding hydrogens is 400 g/mol. The first kappa shape index (κ1) is 22.3. The molecule has 162 valence electrons. The van der Waals surface area contributed by atoms with Gasteiger partial charge in [0.25, 0.3) is 5.91 Å². The number of benzene rings is 2. The van der Waals surface area contributed by atoms with Gasteiger partial charge in [-0.3, -0.25) is 4.79 Å². The molecule has 0 saturated carbocycles. The molecule has 1 amide bonds. The number of carbonyl (C=O) groups is 1. The molecule has 1 atom stereocenters. The van der Waals surface area contributed by atoms with Gasteiger partial charge in [0.05, 0.1) is 4.90 Å². The van der Waals surface area contributed by atoms with Gasteiger partial charge in [-0.15, -0.1) is 0 Å². The van der Waals surface area contributed by atoms with E-state index in [0.717, 1.165) is 32.1 Å². The molecule has 3 rings (SSSR count). The van der Waals surface area contributed by atoms with Gasteiger partial charge in [-0.1, -0.05) is 36.8 Å². The summed E-state index contributed by atoms with van der Waals surface area (Å²) in [6.07, 6.45) is 4.62. The lowest BCUT2D eigenvalue weighted by atomic mass is 10.1. The molecule has 7 heteroatoms. The van der Waals surface area contributed by atoms with Crippen molar-refractivity contribution in [2.24, 2.45) is 0 Å². The second-order valence-corrected chi connectivity index (χ2v) is 9.66. The van der Waals surface area contributed by atoms with E-state index in [1.165, 1.54) is 9.87 Å². The third-order valence-corrected chi connectivity index (χ3v) is 7.18. The van der Waals surface area contributed by atoms with Crippen LogP contribution in [0.4, 0.5) is 0 Å². The standard InChI is InChI=1S/C23H30N2O4S/c1-19(10-11-20-8-4-2-5-9-20)24-23(26)18-29-21-12-14-22(15-13-21)30(27,28)25-16-6-3-7-17-25/h2,4-5,8-9,12-15,19H,3,6-7,10-11,16-18H2,1H3,(H,24,26)/t19-/m1/s1. The van der Waals surface area contributed by atoms with Gasteiger partial charge in [-0.05, 0) is 62.4 Å². The Kier molecular flexibility index (Phi) is 7.87. The molecule has 0 radical (unpaired) electrons. The van der Waals surface area contributed by atoms with E-state index in [9.17, 15) is 13.2 Å². The first-order chi connectivity index (χ1) is 14.4. The molecule has 0 unspecified atom stereocenters. The Morgan fingerprint density at radius 1 is 1.03 bits per heavy atom. The van der Waals surface area contributed by atoms with E-state index in [-0.39, 0.29) is 23.5 Å². The summed E-state index contributed by atoms with van der Waals surface area (Å²) in [7, 11) is -3.46. The normalized spacial score (nSPS) is 16.0. The van der Waals surface area contributed by atoms with Crippen LogP contribution in [0.2, 0.25) is 0 Å². The lowest BCUT2D eigenvalue weighted by Gasteiger charge is -2.25. The molecular formula is C23H30N2O4S. The van der Waals surface area contributed by atoms with Crippen LogP contribution < -0.4 is 10.1 Å². The van der Waals surface area contributed by atoms with Crippen LogP contribution in [0, 0.1) is 0 Å². The van der Waals surface area contributed by atoms with Crippen LogP contribution in [-0.4, -0.2) is 44.4 Å². The Balaban J connectivity index is 1.44. The topological polar surface area (TPSA) is 75.7 Å². The van der Waals surface area contributed by atoms with Gasteiger partial charge in [0.2, 0.25) is 10.0 Å². The summed E-state index contributed by atoms with van der Waals surface area (Å²) >= 11 is 0. The van der Waals surface area contributed by atoms with Crippen LogP contribution >= 0.6 is 0 Å². The van der Waals surface area contributed by atoms with Crippen LogP contribution in [0.5, 0.6) is 5.75 Å². The molecule has 0 spiro atoms. The highest BCUT2D eigenvalue weighted by molar-refractivity contribution is 7.89. The quantitative estimate of drug-likeness (QED) is 0.662. The first-order valence-corrected chi connectivity index (χ1v) is 12.0. The van der Waals surface area contributed by atoms with Crippen LogP contribution in [-0.2, 0) is 21.2 Å². The summed E-state index contributed by atoms with van der Waals surface area (Å²) in [6, 6.07) is 16.5. The van der Waals surface area contributed by atoms with E-state index >= 15 is 0 Å². The molecule has 30 heavy (non-hydrogen) atoms. The van der Waals surface area contributed by atoms with Crippen molar-refractivity contribution in [1.29, 1.82) is 0 Å². The van der Waals surface area contributed by atoms with Crippen LogP contribution in [0.25, 0.3) is 0 Å². The number of amides is 1. The number of carbonyl (C=O) groups excluding carboxylic acids is 1. The van der Waals surface area contributed by atoms with Crippen molar-refractivity contribution in [3.63, 3.8) is 0 Å². The molecule has 0 bridgehead atoms. The van der Waals surface area contributed by atoms with Gasteiger partial charge in [-0.2, -0.15) is 4.31 Å². The number of hydrogen-bond acceptors (Lipinski definition) is 4. The second-order valence-electron chi connectivity index (χ2n) is 7.72. The largest absolute Gasteiger partial charge is 0.484 e. The highest BCUT2D eigenvalue weighted by Gasteiger charge is 2.25. The number of piperidine rings is 1. The zero-order valence-corrected chi connectivity index (χ0v) is 18.2. The molecule has 2 aromatic rings. The summed E-state index contributed by atoms with van der Waals surface area (Å²) in [5.74, 6) is 0.278. The summed E-state index contributed by atoms with van der Waals surface area (Å²) in [5, 5.41) is 2.93. The predicted molar refractivity (Wildman–Crippen MR) is 117 cm³/mol. The van der Waals surface area contributed by atoms with Crippen molar-refractivity contribution in [3.05, 3.63) is 60.2 Å². The van der Waals surface area contributed by atoms with E-state index < -0.39 is 10.0 Å². The average Bonchev–Trinajstić information content (AvgIpc) is 2.78. The fourth-order valence-electron chi connectivity index (χ4n) is 3.53. The molecule has 0 aliphatic carbocycles. The Labute approximate surface area is 179 Å². The average molecular weight is 431 g/mol. The van der Waals surface area contributed by atoms with E-state index in [1.807, 2.05) is 25.1 Å². The van der Waals surface area contributed by atoms with Crippen molar-refractivity contribution in [3.8, 4) is 5.75 Å². The fourth-order valence-corrected chi connectivity index (χ4v) is 5.04. The molecule has 1 saturated heterocycles. The monoisotopic (exact) mass is 430 g/mol. The molecule has 1 aliphatic rings. The SMILES string of the molecule is C[C@H](CCc1ccccc1)NC(=O)COc1ccc(S(=O)(=O)N2CCCCC2)cc1. The maximum Gasteiger partial charge on any atom is 0.258 e. The molecule has 1 fully saturated rings. The number of hydrogen-bond donors (Lipinski definition) is 1. The summed E-state index contributed by atoms with van der Waals surface area (Å²) in [5.41, 5.74) is 1.24. The zero-order chi connectivity index (χ0) is 21.4. The van der Waals surface area contributed by atoms with E-state index in [0.29, 0.717) is 18.8 Å². The number of aryl methyl sites for hydroxylation is 1. The highest BCUT2D eigenvalue weighted by atomic mass is 32.2. The molecule has 6 nitrogen and oxygen atoms in total.